The van der Waals surface area contributed by atoms with Gasteiger partial charge in [-0.1, -0.05) is 17.7 Å². The van der Waals surface area contributed by atoms with Crippen LogP contribution in [0.15, 0.2) is 36.4 Å². The van der Waals surface area contributed by atoms with E-state index in [0.717, 1.165) is 0 Å². The standard InChI is InChI=1S/C20H22ClNO6/c1-12(20(24)22-15-7-5-6-14(21)11-15)28-18(23)10-13-8-16(25-2)19(27-4)17(9-13)26-3/h5-9,11-12H,10H2,1-4H3,(H,22,24)/t12-/m0/s1. The zero-order chi connectivity index (χ0) is 20.7. The smallest absolute Gasteiger partial charge is 0.311 e. The molecule has 0 saturated heterocycles. The first kappa shape index (κ1) is 21.4. The van der Waals surface area contributed by atoms with Gasteiger partial charge in [0.05, 0.1) is 27.8 Å². The molecule has 1 N–H and O–H groups in total. The van der Waals surface area contributed by atoms with Gasteiger partial charge >= 0.3 is 5.97 Å². The average Bonchev–Trinajstić information content (AvgIpc) is 2.66. The van der Waals surface area contributed by atoms with E-state index < -0.39 is 18.0 Å². The molecule has 0 radical (unpaired) electrons. The molecule has 28 heavy (non-hydrogen) atoms. The Bertz CT molecular complexity index is 829. The first-order chi connectivity index (χ1) is 13.4. The van der Waals surface area contributed by atoms with E-state index in [9.17, 15) is 9.59 Å². The summed E-state index contributed by atoms with van der Waals surface area (Å²) < 4.78 is 21.0. The fourth-order valence-electron chi connectivity index (χ4n) is 2.51. The fraction of sp³-hybridized carbons (Fsp3) is 0.300. The first-order valence-corrected chi connectivity index (χ1v) is 8.80. The molecule has 0 aliphatic heterocycles. The van der Waals surface area contributed by atoms with E-state index in [-0.39, 0.29) is 6.42 Å². The van der Waals surface area contributed by atoms with Crippen LogP contribution in [0.5, 0.6) is 17.2 Å². The summed E-state index contributed by atoms with van der Waals surface area (Å²) in [6, 6.07) is 9.99. The summed E-state index contributed by atoms with van der Waals surface area (Å²) in [7, 11) is 4.47. The number of hydrogen-bond donors (Lipinski definition) is 1. The molecular weight excluding hydrogens is 386 g/mol. The second-order valence-corrected chi connectivity index (χ2v) is 6.28. The van der Waals surface area contributed by atoms with E-state index in [1.807, 2.05) is 0 Å². The Hall–Kier alpha value is -2.93. The van der Waals surface area contributed by atoms with Crippen LogP contribution in [0.25, 0.3) is 0 Å². The molecule has 8 heteroatoms. The van der Waals surface area contributed by atoms with Gasteiger partial charge in [-0.3, -0.25) is 9.59 Å². The Morgan fingerprint density at radius 3 is 2.21 bits per heavy atom. The van der Waals surface area contributed by atoms with Crippen LogP contribution in [-0.2, 0) is 20.7 Å². The highest BCUT2D eigenvalue weighted by Crippen LogP contribution is 2.38. The molecule has 0 fully saturated rings. The molecule has 0 bridgehead atoms. The molecule has 0 aliphatic rings. The van der Waals surface area contributed by atoms with Gasteiger partial charge in [0.2, 0.25) is 5.75 Å². The molecule has 0 heterocycles. The summed E-state index contributed by atoms with van der Waals surface area (Å²) in [5.41, 5.74) is 1.12. The van der Waals surface area contributed by atoms with E-state index in [1.54, 1.807) is 36.4 Å². The summed E-state index contributed by atoms with van der Waals surface area (Å²) in [4.78, 5) is 24.5. The van der Waals surface area contributed by atoms with Crippen LogP contribution in [0.1, 0.15) is 12.5 Å². The number of carbonyl (C=O) groups is 2. The number of esters is 1. The molecule has 7 nitrogen and oxygen atoms in total. The summed E-state index contributed by atoms with van der Waals surface area (Å²) in [6.07, 6.45) is -1.04. The first-order valence-electron chi connectivity index (χ1n) is 8.42. The van der Waals surface area contributed by atoms with E-state index >= 15 is 0 Å². The van der Waals surface area contributed by atoms with Crippen molar-refractivity contribution in [1.29, 1.82) is 0 Å². The third-order valence-electron chi connectivity index (χ3n) is 3.84. The molecule has 0 unspecified atom stereocenters. The molecule has 1 amide bonds. The molecule has 0 saturated carbocycles. The van der Waals surface area contributed by atoms with Gasteiger partial charge in [0.1, 0.15) is 0 Å². The Morgan fingerprint density at radius 2 is 1.68 bits per heavy atom. The summed E-state index contributed by atoms with van der Waals surface area (Å²) in [5.74, 6) is 0.257. The lowest BCUT2D eigenvalue weighted by molar-refractivity contribution is -0.152. The number of ether oxygens (including phenoxy) is 4. The molecule has 1 atom stereocenters. The van der Waals surface area contributed by atoms with Crippen molar-refractivity contribution in [2.45, 2.75) is 19.4 Å². The van der Waals surface area contributed by atoms with Crippen LogP contribution in [0.2, 0.25) is 5.02 Å². The number of halogens is 1. The van der Waals surface area contributed by atoms with Gasteiger partial charge in [-0.2, -0.15) is 0 Å². The van der Waals surface area contributed by atoms with Crippen LogP contribution in [0.4, 0.5) is 5.69 Å². The molecule has 0 spiro atoms. The number of anilines is 1. The maximum Gasteiger partial charge on any atom is 0.311 e. The number of amides is 1. The third-order valence-corrected chi connectivity index (χ3v) is 4.08. The highest BCUT2D eigenvalue weighted by atomic mass is 35.5. The molecular formula is C20H22ClNO6. The van der Waals surface area contributed by atoms with Crippen molar-refractivity contribution in [3.8, 4) is 17.2 Å². The number of hydrogen-bond acceptors (Lipinski definition) is 6. The van der Waals surface area contributed by atoms with E-state index in [1.165, 1.54) is 28.3 Å². The third kappa shape index (κ3) is 5.53. The minimum atomic E-state index is -0.978. The van der Waals surface area contributed by atoms with Crippen molar-refractivity contribution in [3.05, 3.63) is 47.0 Å². The van der Waals surface area contributed by atoms with E-state index in [2.05, 4.69) is 5.32 Å². The van der Waals surface area contributed by atoms with Crippen LogP contribution >= 0.6 is 11.6 Å². The molecule has 2 aromatic rings. The predicted molar refractivity (Wildman–Crippen MR) is 105 cm³/mol. The predicted octanol–water partition coefficient (Wildman–Crippen LogP) is 3.48. The van der Waals surface area contributed by atoms with Crippen LogP contribution in [-0.4, -0.2) is 39.3 Å². The van der Waals surface area contributed by atoms with Gasteiger partial charge in [-0.15, -0.1) is 0 Å². The van der Waals surface area contributed by atoms with Crippen LogP contribution in [0.3, 0.4) is 0 Å². The molecule has 2 rings (SSSR count). The molecule has 150 valence electrons. The quantitative estimate of drug-likeness (QED) is 0.674. The van der Waals surface area contributed by atoms with Crippen molar-refractivity contribution >= 4 is 29.2 Å². The van der Waals surface area contributed by atoms with Crippen LogP contribution < -0.4 is 19.5 Å². The van der Waals surface area contributed by atoms with Crippen molar-refractivity contribution < 1.29 is 28.5 Å². The minimum absolute atomic E-state index is 0.0640. The van der Waals surface area contributed by atoms with Gasteiger partial charge in [0, 0.05) is 10.7 Å². The highest BCUT2D eigenvalue weighted by molar-refractivity contribution is 6.30. The maximum absolute atomic E-state index is 12.3. The zero-order valence-corrected chi connectivity index (χ0v) is 16.8. The van der Waals surface area contributed by atoms with Gasteiger partial charge < -0.3 is 24.3 Å². The van der Waals surface area contributed by atoms with E-state index in [4.69, 9.17) is 30.5 Å². The number of benzene rings is 2. The number of nitrogens with one attached hydrogen (secondary N) is 1. The second-order valence-electron chi connectivity index (χ2n) is 5.84. The second kappa shape index (κ2) is 9.85. The Kier molecular flexibility index (Phi) is 7.52. The van der Waals surface area contributed by atoms with Crippen molar-refractivity contribution in [1.82, 2.24) is 0 Å². The zero-order valence-electron chi connectivity index (χ0n) is 16.1. The van der Waals surface area contributed by atoms with E-state index in [0.29, 0.717) is 33.5 Å². The lowest BCUT2D eigenvalue weighted by Crippen LogP contribution is -2.30. The topological polar surface area (TPSA) is 83.1 Å². The fourth-order valence-corrected chi connectivity index (χ4v) is 2.70. The van der Waals surface area contributed by atoms with Gasteiger partial charge in [-0.05, 0) is 42.8 Å². The summed E-state index contributed by atoms with van der Waals surface area (Å²) >= 11 is 5.89. The monoisotopic (exact) mass is 407 g/mol. The Morgan fingerprint density at radius 1 is 1.04 bits per heavy atom. The molecule has 0 aromatic heterocycles. The number of carbonyl (C=O) groups excluding carboxylic acids is 2. The molecule has 0 aliphatic carbocycles. The summed E-state index contributed by atoms with van der Waals surface area (Å²) in [5, 5.41) is 3.14. The number of methoxy groups -OCH3 is 3. The minimum Gasteiger partial charge on any atom is -0.493 e. The van der Waals surface area contributed by atoms with Gasteiger partial charge in [-0.25, -0.2) is 0 Å². The van der Waals surface area contributed by atoms with Crippen molar-refractivity contribution in [2.24, 2.45) is 0 Å². The summed E-state index contributed by atoms with van der Waals surface area (Å²) in [6.45, 7) is 1.49. The van der Waals surface area contributed by atoms with Gasteiger partial charge in [0.15, 0.2) is 17.6 Å². The van der Waals surface area contributed by atoms with Gasteiger partial charge in [0.25, 0.3) is 5.91 Å². The van der Waals surface area contributed by atoms with Crippen molar-refractivity contribution in [3.63, 3.8) is 0 Å². The SMILES string of the molecule is COc1cc(CC(=O)O[C@@H](C)C(=O)Nc2cccc(Cl)c2)cc(OC)c1OC. The maximum atomic E-state index is 12.3. The molecule has 2 aromatic carbocycles. The highest BCUT2D eigenvalue weighted by Gasteiger charge is 2.20. The Labute approximate surface area is 168 Å². The largest absolute Gasteiger partial charge is 0.493 e. The lowest BCUT2D eigenvalue weighted by atomic mass is 10.1. The normalized spacial score (nSPS) is 11.3. The Balaban J connectivity index is 2.02. The van der Waals surface area contributed by atoms with Crippen molar-refractivity contribution in [2.75, 3.05) is 26.6 Å². The number of rotatable bonds is 8. The lowest BCUT2D eigenvalue weighted by Gasteiger charge is -2.15. The van der Waals surface area contributed by atoms with Crippen LogP contribution in [0, 0.1) is 0 Å². The average molecular weight is 408 g/mol.